The molecule has 1 aliphatic carbocycles. The Balaban J connectivity index is 1.82. The first kappa shape index (κ1) is 13.1. The van der Waals surface area contributed by atoms with E-state index in [1.807, 2.05) is 31.3 Å². The Morgan fingerprint density at radius 1 is 1.25 bits per heavy atom. The second-order valence-electron chi connectivity index (χ2n) is 5.38. The quantitative estimate of drug-likeness (QED) is 0.796. The molecule has 2 aromatic rings. The molecular weight excluding hydrogens is 252 g/mol. The third kappa shape index (κ3) is 2.67. The maximum absolute atomic E-state index is 9.59. The topological polar surface area (TPSA) is 70.1 Å². The number of hydrogen-bond donors (Lipinski definition) is 3. The van der Waals surface area contributed by atoms with Gasteiger partial charge in [0.1, 0.15) is 5.82 Å². The summed E-state index contributed by atoms with van der Waals surface area (Å²) < 4.78 is 0. The lowest BCUT2D eigenvalue weighted by molar-refractivity contribution is 0.178. The summed E-state index contributed by atoms with van der Waals surface area (Å²) in [5.74, 6) is 2.01. The summed E-state index contributed by atoms with van der Waals surface area (Å²) in [6.45, 7) is 0.848. The minimum absolute atomic E-state index is 0.128. The lowest BCUT2D eigenvalue weighted by atomic mass is 10.1. The van der Waals surface area contributed by atoms with Crippen molar-refractivity contribution in [3.05, 3.63) is 24.3 Å². The van der Waals surface area contributed by atoms with E-state index in [4.69, 9.17) is 0 Å². The van der Waals surface area contributed by atoms with Crippen molar-refractivity contribution in [2.75, 3.05) is 24.2 Å². The second kappa shape index (κ2) is 5.63. The number of nitrogens with one attached hydrogen (secondary N) is 2. The number of aliphatic hydroxyl groups is 1. The lowest BCUT2D eigenvalue weighted by Crippen LogP contribution is -2.14. The number of hydrogen-bond acceptors (Lipinski definition) is 5. The second-order valence-corrected chi connectivity index (χ2v) is 5.38. The van der Waals surface area contributed by atoms with Crippen LogP contribution in [0.5, 0.6) is 0 Å². The van der Waals surface area contributed by atoms with E-state index in [1.165, 1.54) is 0 Å². The molecule has 1 aliphatic rings. The minimum Gasteiger partial charge on any atom is -0.393 e. The normalized spacial score (nSPS) is 22.1. The summed E-state index contributed by atoms with van der Waals surface area (Å²) in [4.78, 5) is 8.95. The SMILES string of the molecule is CNc1nc(NCC2CCC(O)C2)c2ccccc2n1. The van der Waals surface area contributed by atoms with E-state index in [2.05, 4.69) is 20.6 Å². The van der Waals surface area contributed by atoms with Crippen LogP contribution in [0.15, 0.2) is 24.3 Å². The van der Waals surface area contributed by atoms with Crippen LogP contribution in [0.2, 0.25) is 0 Å². The molecule has 0 saturated heterocycles. The molecule has 5 heteroatoms. The molecule has 106 valence electrons. The number of rotatable bonds is 4. The van der Waals surface area contributed by atoms with Crippen molar-refractivity contribution in [3.63, 3.8) is 0 Å². The van der Waals surface area contributed by atoms with Gasteiger partial charge in [0.25, 0.3) is 0 Å². The van der Waals surface area contributed by atoms with Gasteiger partial charge in [0.2, 0.25) is 5.95 Å². The monoisotopic (exact) mass is 272 g/mol. The molecule has 0 aliphatic heterocycles. The van der Waals surface area contributed by atoms with E-state index < -0.39 is 0 Å². The Morgan fingerprint density at radius 2 is 2.10 bits per heavy atom. The molecule has 20 heavy (non-hydrogen) atoms. The van der Waals surface area contributed by atoms with Gasteiger partial charge in [-0.2, -0.15) is 4.98 Å². The van der Waals surface area contributed by atoms with Gasteiger partial charge in [-0.1, -0.05) is 12.1 Å². The molecular formula is C15H20N4O. The summed E-state index contributed by atoms with van der Waals surface area (Å²) >= 11 is 0. The molecule has 0 radical (unpaired) electrons. The number of para-hydroxylation sites is 1. The summed E-state index contributed by atoms with van der Waals surface area (Å²) in [5, 5.41) is 17.0. The number of benzene rings is 1. The van der Waals surface area contributed by atoms with Crippen molar-refractivity contribution in [2.24, 2.45) is 5.92 Å². The van der Waals surface area contributed by atoms with E-state index in [1.54, 1.807) is 0 Å². The fourth-order valence-electron chi connectivity index (χ4n) is 2.80. The van der Waals surface area contributed by atoms with Crippen LogP contribution in [0.25, 0.3) is 10.9 Å². The van der Waals surface area contributed by atoms with Crippen molar-refractivity contribution in [1.82, 2.24) is 9.97 Å². The Labute approximate surface area is 118 Å². The highest BCUT2D eigenvalue weighted by atomic mass is 16.3. The van der Waals surface area contributed by atoms with E-state index in [0.29, 0.717) is 11.9 Å². The molecule has 1 heterocycles. The lowest BCUT2D eigenvalue weighted by Gasteiger charge is -2.14. The zero-order chi connectivity index (χ0) is 13.9. The van der Waals surface area contributed by atoms with Crippen molar-refractivity contribution in [1.29, 1.82) is 0 Å². The van der Waals surface area contributed by atoms with Crippen LogP contribution in [0, 0.1) is 5.92 Å². The van der Waals surface area contributed by atoms with Crippen LogP contribution in [-0.2, 0) is 0 Å². The van der Waals surface area contributed by atoms with E-state index in [0.717, 1.165) is 42.5 Å². The average Bonchev–Trinajstić information content (AvgIpc) is 2.90. The van der Waals surface area contributed by atoms with Gasteiger partial charge >= 0.3 is 0 Å². The highest BCUT2D eigenvalue weighted by Gasteiger charge is 2.22. The van der Waals surface area contributed by atoms with Gasteiger partial charge < -0.3 is 15.7 Å². The number of anilines is 2. The van der Waals surface area contributed by atoms with E-state index in [9.17, 15) is 5.11 Å². The Morgan fingerprint density at radius 3 is 2.85 bits per heavy atom. The number of nitrogens with zero attached hydrogens (tertiary/aromatic N) is 2. The molecule has 3 N–H and O–H groups in total. The minimum atomic E-state index is -0.128. The van der Waals surface area contributed by atoms with Crippen molar-refractivity contribution in [2.45, 2.75) is 25.4 Å². The Kier molecular flexibility index (Phi) is 3.69. The first-order valence-corrected chi connectivity index (χ1v) is 7.12. The molecule has 1 aromatic heterocycles. The summed E-state index contributed by atoms with van der Waals surface area (Å²) in [5.41, 5.74) is 0.931. The smallest absolute Gasteiger partial charge is 0.224 e. The molecule has 1 aromatic carbocycles. The van der Waals surface area contributed by atoms with Gasteiger partial charge in [0.05, 0.1) is 11.6 Å². The van der Waals surface area contributed by atoms with Gasteiger partial charge in [-0.15, -0.1) is 0 Å². The van der Waals surface area contributed by atoms with Crippen LogP contribution in [0.1, 0.15) is 19.3 Å². The van der Waals surface area contributed by atoms with Crippen molar-refractivity contribution < 1.29 is 5.11 Å². The third-order valence-electron chi connectivity index (χ3n) is 3.90. The van der Waals surface area contributed by atoms with Crippen LogP contribution < -0.4 is 10.6 Å². The van der Waals surface area contributed by atoms with Gasteiger partial charge in [-0.05, 0) is 37.3 Å². The molecule has 1 fully saturated rings. The predicted octanol–water partition coefficient (Wildman–Crippen LogP) is 2.24. The maximum Gasteiger partial charge on any atom is 0.224 e. The Bertz CT molecular complexity index is 601. The standard InChI is InChI=1S/C15H20N4O/c1-16-15-18-13-5-3-2-4-12(13)14(19-15)17-9-10-6-7-11(20)8-10/h2-5,10-11,20H,6-9H2,1H3,(H2,16,17,18,19). The zero-order valence-corrected chi connectivity index (χ0v) is 11.6. The third-order valence-corrected chi connectivity index (χ3v) is 3.90. The highest BCUT2D eigenvalue weighted by molar-refractivity contribution is 5.89. The fourth-order valence-corrected chi connectivity index (χ4v) is 2.80. The van der Waals surface area contributed by atoms with Gasteiger partial charge in [0.15, 0.2) is 0 Å². The summed E-state index contributed by atoms with van der Waals surface area (Å²) in [6, 6.07) is 7.99. The van der Waals surface area contributed by atoms with Gasteiger partial charge in [0, 0.05) is 19.0 Å². The molecule has 0 bridgehead atoms. The van der Waals surface area contributed by atoms with E-state index >= 15 is 0 Å². The largest absolute Gasteiger partial charge is 0.393 e. The molecule has 3 rings (SSSR count). The first-order chi connectivity index (χ1) is 9.76. The predicted molar refractivity (Wildman–Crippen MR) is 80.9 cm³/mol. The summed E-state index contributed by atoms with van der Waals surface area (Å²) in [7, 11) is 1.82. The average molecular weight is 272 g/mol. The molecule has 2 atom stereocenters. The summed E-state index contributed by atoms with van der Waals surface area (Å²) in [6.07, 6.45) is 2.75. The van der Waals surface area contributed by atoms with Crippen LogP contribution in [0.4, 0.5) is 11.8 Å². The van der Waals surface area contributed by atoms with Gasteiger partial charge in [-0.3, -0.25) is 0 Å². The van der Waals surface area contributed by atoms with Crippen molar-refractivity contribution in [3.8, 4) is 0 Å². The number of fused-ring (bicyclic) bond motifs is 1. The molecule has 5 nitrogen and oxygen atoms in total. The van der Waals surface area contributed by atoms with Crippen LogP contribution in [-0.4, -0.2) is 34.8 Å². The van der Waals surface area contributed by atoms with Crippen LogP contribution >= 0.6 is 0 Å². The van der Waals surface area contributed by atoms with E-state index in [-0.39, 0.29) is 6.10 Å². The highest BCUT2D eigenvalue weighted by Crippen LogP contribution is 2.27. The zero-order valence-electron chi connectivity index (χ0n) is 11.6. The Hall–Kier alpha value is -1.88. The molecule has 0 spiro atoms. The first-order valence-electron chi connectivity index (χ1n) is 7.12. The number of aliphatic hydroxyl groups excluding tert-OH is 1. The fraction of sp³-hybridized carbons (Fsp3) is 0.467. The van der Waals surface area contributed by atoms with Crippen molar-refractivity contribution >= 4 is 22.7 Å². The molecule has 2 unspecified atom stereocenters. The molecule has 1 saturated carbocycles. The number of aromatic nitrogens is 2. The van der Waals surface area contributed by atoms with Gasteiger partial charge in [-0.25, -0.2) is 4.98 Å². The van der Waals surface area contributed by atoms with Crippen LogP contribution in [0.3, 0.4) is 0 Å². The maximum atomic E-state index is 9.59. The molecule has 0 amide bonds.